The van der Waals surface area contributed by atoms with Gasteiger partial charge in [0.2, 0.25) is 0 Å². The van der Waals surface area contributed by atoms with E-state index < -0.39 is 22.8 Å². The van der Waals surface area contributed by atoms with Gasteiger partial charge in [0.1, 0.15) is 5.75 Å². The van der Waals surface area contributed by atoms with Crippen LogP contribution in [0.15, 0.2) is 59.4 Å². The van der Waals surface area contributed by atoms with Gasteiger partial charge in [-0.15, -0.1) is 0 Å². The number of aromatic carboxylic acids is 1. The number of aromatic hydroxyl groups is 1. The average Bonchev–Trinajstić information content (AvgIpc) is 3.60. The number of aromatic amines is 1. The molecule has 2 aromatic carbocycles. The molecule has 8 heteroatoms. The van der Waals surface area contributed by atoms with Crippen LogP contribution >= 0.6 is 0 Å². The molecular formula is C33H38N4O4. The highest BCUT2D eigenvalue weighted by Crippen LogP contribution is 2.41. The van der Waals surface area contributed by atoms with E-state index in [0.717, 1.165) is 54.5 Å². The maximum atomic E-state index is 12.5. The summed E-state index contributed by atoms with van der Waals surface area (Å²) in [6.45, 7) is 5.98. The number of hydrogen-bond donors (Lipinski definition) is 3. The zero-order chi connectivity index (χ0) is 28.8. The molecule has 3 N–H and O–H groups in total. The highest BCUT2D eigenvalue weighted by Gasteiger charge is 2.42. The summed E-state index contributed by atoms with van der Waals surface area (Å²) in [4.78, 5) is 31.8. The van der Waals surface area contributed by atoms with Crippen molar-refractivity contribution >= 4 is 16.9 Å². The quantitative estimate of drug-likeness (QED) is 0.288. The van der Waals surface area contributed by atoms with Crippen molar-refractivity contribution in [3.05, 3.63) is 87.3 Å². The molecule has 1 saturated carbocycles. The van der Waals surface area contributed by atoms with Gasteiger partial charge in [0.05, 0.1) is 5.69 Å². The lowest BCUT2D eigenvalue weighted by Crippen LogP contribution is -2.31. The number of carbonyl (C=O) groups is 1. The molecule has 3 atom stereocenters. The lowest BCUT2D eigenvalue weighted by Gasteiger charge is -2.26. The van der Waals surface area contributed by atoms with Crippen LogP contribution in [0.1, 0.15) is 46.9 Å². The maximum Gasteiger partial charge on any atom is 0.345 e. The number of likely N-dealkylation sites (tertiary alicyclic amines) is 1. The number of fused-ring (bicyclic) bond motifs is 2. The van der Waals surface area contributed by atoms with Crippen molar-refractivity contribution in [1.82, 2.24) is 19.4 Å². The normalized spacial score (nSPS) is 20.7. The zero-order valence-corrected chi connectivity index (χ0v) is 23.9. The molecule has 0 amide bonds. The molecule has 2 fully saturated rings. The van der Waals surface area contributed by atoms with E-state index in [1.54, 1.807) is 0 Å². The van der Waals surface area contributed by atoms with Crippen LogP contribution in [0.3, 0.4) is 0 Å². The molecule has 4 aromatic rings. The second-order valence-electron chi connectivity index (χ2n) is 11.9. The molecule has 1 aliphatic heterocycles. The number of pyridine rings is 1. The molecule has 0 bridgehead atoms. The average molecular weight is 555 g/mol. The third-order valence-electron chi connectivity index (χ3n) is 9.37. The summed E-state index contributed by atoms with van der Waals surface area (Å²) in [6.07, 6.45) is 2.90. The predicted molar refractivity (Wildman–Crippen MR) is 160 cm³/mol. The highest BCUT2D eigenvalue weighted by molar-refractivity contribution is 5.92. The summed E-state index contributed by atoms with van der Waals surface area (Å²) in [5.74, 6) is -0.412. The van der Waals surface area contributed by atoms with Crippen molar-refractivity contribution in [3.8, 4) is 17.0 Å². The first-order valence-corrected chi connectivity index (χ1v) is 14.5. The maximum absolute atomic E-state index is 12.5. The molecular weight excluding hydrogens is 516 g/mol. The fourth-order valence-corrected chi connectivity index (χ4v) is 7.21. The first-order valence-electron chi connectivity index (χ1n) is 14.5. The van der Waals surface area contributed by atoms with Gasteiger partial charge in [-0.25, -0.2) is 4.79 Å². The van der Waals surface area contributed by atoms with E-state index in [0.29, 0.717) is 23.7 Å². The lowest BCUT2D eigenvalue weighted by molar-refractivity contribution is 0.0691. The van der Waals surface area contributed by atoms with Crippen molar-refractivity contribution in [3.63, 3.8) is 0 Å². The van der Waals surface area contributed by atoms with Crippen LogP contribution in [0, 0.1) is 11.8 Å². The largest absolute Gasteiger partial charge is 0.506 e. The van der Waals surface area contributed by atoms with Gasteiger partial charge >= 0.3 is 5.97 Å². The van der Waals surface area contributed by atoms with Crippen LogP contribution in [0.2, 0.25) is 0 Å². The third kappa shape index (κ3) is 5.06. The number of H-pyrrole nitrogens is 1. The molecule has 8 nitrogen and oxygen atoms in total. The number of aromatic nitrogens is 2. The van der Waals surface area contributed by atoms with E-state index in [-0.39, 0.29) is 0 Å². The van der Waals surface area contributed by atoms with E-state index in [4.69, 9.17) is 0 Å². The number of nitrogens with zero attached hydrogens (tertiary/aromatic N) is 3. The van der Waals surface area contributed by atoms with Gasteiger partial charge in [-0.3, -0.25) is 14.6 Å². The summed E-state index contributed by atoms with van der Waals surface area (Å²) in [5.41, 5.74) is 3.93. The molecule has 0 spiro atoms. The van der Waals surface area contributed by atoms with Gasteiger partial charge in [0.25, 0.3) is 5.56 Å². The second-order valence-corrected chi connectivity index (χ2v) is 11.9. The van der Waals surface area contributed by atoms with Crippen molar-refractivity contribution in [2.75, 3.05) is 20.1 Å². The van der Waals surface area contributed by atoms with Gasteiger partial charge in [0.15, 0.2) is 5.56 Å². The molecule has 1 aliphatic carbocycles. The minimum atomic E-state index is -1.44. The minimum absolute atomic E-state index is 0.385. The second kappa shape index (κ2) is 10.8. The van der Waals surface area contributed by atoms with E-state index in [9.17, 15) is 19.8 Å². The Morgan fingerprint density at radius 3 is 2.44 bits per heavy atom. The van der Waals surface area contributed by atoms with Crippen molar-refractivity contribution in [2.45, 2.75) is 45.3 Å². The number of hydrogen-bond acceptors (Lipinski definition) is 5. The Balaban J connectivity index is 1.16. The first kappa shape index (κ1) is 27.3. The summed E-state index contributed by atoms with van der Waals surface area (Å²) < 4.78 is 2.23. The monoisotopic (exact) mass is 554 g/mol. The Morgan fingerprint density at radius 2 is 1.78 bits per heavy atom. The standard InChI is InChI=1S/C33H38N4O4/c1-4-27-30(34-32(39)29(31(27)38)33(40)41)21-10-11-28-22(12-21)13-26(36(28)3)19-37-17-23-14-25(15-24(23)18-37)35(2)16-20-8-6-5-7-9-20/h5-13,23-25H,4,14-19H2,1-3H3,(H,40,41)(H2,34,38,39)/t23-,24?,25?/m0/s1. The van der Waals surface area contributed by atoms with E-state index >= 15 is 0 Å². The Bertz CT molecular complexity index is 1640. The Morgan fingerprint density at radius 1 is 1.07 bits per heavy atom. The lowest BCUT2D eigenvalue weighted by atomic mass is 9.99. The Kier molecular flexibility index (Phi) is 7.21. The fraction of sp³-hybridized carbons (Fsp3) is 0.394. The van der Waals surface area contributed by atoms with Gasteiger partial charge in [-0.05, 0) is 67.5 Å². The van der Waals surface area contributed by atoms with E-state index in [2.05, 4.69) is 69.8 Å². The fourth-order valence-electron chi connectivity index (χ4n) is 7.21. The SMILES string of the molecule is CCc1c(-c2ccc3c(c2)cc(CN2CC4CC(N(C)Cc5ccccc5)C[C@H]4C2)n3C)[nH]c(=O)c(C(=O)O)c1O. The van der Waals surface area contributed by atoms with Crippen LogP contribution in [0.25, 0.3) is 22.2 Å². The smallest absolute Gasteiger partial charge is 0.345 e. The van der Waals surface area contributed by atoms with Crippen molar-refractivity contribution in [1.29, 1.82) is 0 Å². The van der Waals surface area contributed by atoms with E-state index in [1.165, 1.54) is 24.1 Å². The van der Waals surface area contributed by atoms with Crippen LogP contribution in [0.5, 0.6) is 5.75 Å². The van der Waals surface area contributed by atoms with E-state index in [1.807, 2.05) is 25.1 Å². The molecule has 214 valence electrons. The molecule has 6 rings (SSSR count). The van der Waals surface area contributed by atoms with Gasteiger partial charge in [-0.2, -0.15) is 0 Å². The zero-order valence-electron chi connectivity index (χ0n) is 23.9. The van der Waals surface area contributed by atoms with Crippen LogP contribution in [-0.2, 0) is 26.6 Å². The number of rotatable bonds is 8. The number of nitrogens with one attached hydrogen (secondary N) is 1. The number of carboxylic acid groups (broad SMARTS) is 1. The first-order chi connectivity index (χ1) is 19.7. The van der Waals surface area contributed by atoms with Gasteiger partial charge in [-0.1, -0.05) is 43.3 Å². The molecule has 41 heavy (non-hydrogen) atoms. The summed E-state index contributed by atoms with van der Waals surface area (Å²) >= 11 is 0. The van der Waals surface area contributed by atoms with Crippen molar-refractivity contribution in [2.24, 2.45) is 18.9 Å². The van der Waals surface area contributed by atoms with Crippen molar-refractivity contribution < 1.29 is 15.0 Å². The van der Waals surface area contributed by atoms with Crippen LogP contribution in [-0.4, -0.2) is 61.7 Å². The number of carboxylic acids is 1. The molecule has 2 aliphatic rings. The molecule has 2 aromatic heterocycles. The Labute approximate surface area is 239 Å². The summed E-state index contributed by atoms with van der Waals surface area (Å²) in [5, 5.41) is 21.0. The topological polar surface area (TPSA) is 102 Å². The summed E-state index contributed by atoms with van der Waals surface area (Å²) in [6, 6.07) is 19.5. The molecule has 3 heterocycles. The molecule has 2 unspecified atom stereocenters. The molecule has 1 saturated heterocycles. The summed E-state index contributed by atoms with van der Waals surface area (Å²) in [7, 11) is 4.36. The third-order valence-corrected chi connectivity index (χ3v) is 9.37. The Hall–Kier alpha value is -3.88. The predicted octanol–water partition coefficient (Wildman–Crippen LogP) is 4.84. The van der Waals surface area contributed by atoms with Gasteiger partial charge < -0.3 is 19.8 Å². The minimum Gasteiger partial charge on any atom is -0.506 e. The van der Waals surface area contributed by atoms with Crippen LogP contribution < -0.4 is 5.56 Å². The highest BCUT2D eigenvalue weighted by atomic mass is 16.4. The van der Waals surface area contributed by atoms with Gasteiger partial charge in [0, 0.05) is 61.4 Å². The number of aryl methyl sites for hydroxylation is 1. The number of benzene rings is 2. The van der Waals surface area contributed by atoms with Crippen LogP contribution in [0.4, 0.5) is 0 Å². The molecule has 0 radical (unpaired) electrons.